The number of fused-ring (bicyclic) bond motifs is 1. The first-order valence-corrected chi connectivity index (χ1v) is 15.4. The van der Waals surface area contributed by atoms with Crippen molar-refractivity contribution in [1.29, 1.82) is 0 Å². The summed E-state index contributed by atoms with van der Waals surface area (Å²) >= 11 is 12.9. The van der Waals surface area contributed by atoms with Crippen molar-refractivity contribution in [2.45, 2.75) is 56.6 Å². The molecule has 0 radical (unpaired) electrons. The number of carbonyl (C=O) groups is 3. The zero-order valence-corrected chi connectivity index (χ0v) is 25.0. The zero-order chi connectivity index (χ0) is 29.7. The SMILES string of the molecule is CC(C)NC(=O)[C@H](Cc1ccccc1)N(Cc1c(Cl)cccc1Cl)C(=O)CCCN1C(=O)c2ccccc2S1(=O)=O. The summed E-state index contributed by atoms with van der Waals surface area (Å²) in [6.07, 6.45) is 0.188. The van der Waals surface area contributed by atoms with Gasteiger partial charge in [0.15, 0.2) is 0 Å². The minimum Gasteiger partial charge on any atom is -0.352 e. The van der Waals surface area contributed by atoms with Crippen LogP contribution in [0, 0.1) is 0 Å². The fourth-order valence-electron chi connectivity index (χ4n) is 4.76. The number of amides is 3. The van der Waals surface area contributed by atoms with Gasteiger partial charge < -0.3 is 10.2 Å². The average molecular weight is 617 g/mol. The van der Waals surface area contributed by atoms with Crippen molar-refractivity contribution in [3.05, 3.63) is 99.5 Å². The van der Waals surface area contributed by atoms with E-state index in [1.165, 1.54) is 17.0 Å². The Labute approximate surface area is 250 Å². The van der Waals surface area contributed by atoms with E-state index in [-0.39, 0.29) is 54.8 Å². The van der Waals surface area contributed by atoms with E-state index in [1.807, 2.05) is 44.2 Å². The first-order chi connectivity index (χ1) is 19.5. The van der Waals surface area contributed by atoms with Crippen molar-refractivity contribution in [3.63, 3.8) is 0 Å². The first-order valence-electron chi connectivity index (χ1n) is 13.2. The van der Waals surface area contributed by atoms with Gasteiger partial charge in [-0.15, -0.1) is 0 Å². The molecule has 0 aliphatic carbocycles. The van der Waals surface area contributed by atoms with Crippen LogP contribution in [0.4, 0.5) is 0 Å². The van der Waals surface area contributed by atoms with Crippen LogP contribution in [-0.2, 0) is 32.6 Å². The molecule has 0 fully saturated rings. The number of nitrogens with zero attached hydrogens (tertiary/aromatic N) is 2. The summed E-state index contributed by atoms with van der Waals surface area (Å²) in [5, 5.41) is 3.61. The minimum absolute atomic E-state index is 0.0350. The van der Waals surface area contributed by atoms with Crippen LogP contribution in [0.25, 0.3) is 0 Å². The van der Waals surface area contributed by atoms with Crippen LogP contribution in [-0.4, -0.2) is 54.0 Å². The Morgan fingerprint density at radius 2 is 1.56 bits per heavy atom. The van der Waals surface area contributed by atoms with Gasteiger partial charge in [-0.2, -0.15) is 0 Å². The summed E-state index contributed by atoms with van der Waals surface area (Å²) in [6, 6.07) is 19.3. The molecular weight excluding hydrogens is 585 g/mol. The third-order valence-corrected chi connectivity index (χ3v) is 9.30. The van der Waals surface area contributed by atoms with Crippen LogP contribution < -0.4 is 5.32 Å². The van der Waals surface area contributed by atoms with Crippen molar-refractivity contribution in [2.24, 2.45) is 0 Å². The smallest absolute Gasteiger partial charge is 0.269 e. The van der Waals surface area contributed by atoms with Crippen LogP contribution in [0.2, 0.25) is 10.0 Å². The van der Waals surface area contributed by atoms with Crippen molar-refractivity contribution < 1.29 is 22.8 Å². The molecule has 0 aromatic heterocycles. The van der Waals surface area contributed by atoms with E-state index < -0.39 is 27.9 Å². The lowest BCUT2D eigenvalue weighted by molar-refractivity contribution is -0.141. The first kappa shape index (κ1) is 30.6. The normalized spacial score (nSPS) is 14.6. The molecule has 1 atom stereocenters. The lowest BCUT2D eigenvalue weighted by atomic mass is 10.0. The maximum absolute atomic E-state index is 13.8. The molecule has 0 bridgehead atoms. The highest BCUT2D eigenvalue weighted by atomic mass is 35.5. The predicted molar refractivity (Wildman–Crippen MR) is 158 cm³/mol. The van der Waals surface area contributed by atoms with Gasteiger partial charge in [0.25, 0.3) is 15.9 Å². The van der Waals surface area contributed by atoms with E-state index in [9.17, 15) is 22.8 Å². The molecular formula is C30H31Cl2N3O5S. The van der Waals surface area contributed by atoms with Crippen LogP contribution in [0.1, 0.15) is 48.2 Å². The number of halogens is 2. The number of sulfonamides is 1. The van der Waals surface area contributed by atoms with E-state index in [4.69, 9.17) is 23.2 Å². The maximum Gasteiger partial charge on any atom is 0.269 e. The number of hydrogen-bond acceptors (Lipinski definition) is 5. The van der Waals surface area contributed by atoms with Crippen molar-refractivity contribution >= 4 is 50.9 Å². The molecule has 216 valence electrons. The summed E-state index contributed by atoms with van der Waals surface area (Å²) in [7, 11) is -4.00. The van der Waals surface area contributed by atoms with Gasteiger partial charge in [-0.25, -0.2) is 12.7 Å². The number of nitrogens with one attached hydrogen (secondary N) is 1. The number of hydrogen-bond donors (Lipinski definition) is 1. The van der Waals surface area contributed by atoms with Gasteiger partial charge in [-0.1, -0.05) is 71.7 Å². The Morgan fingerprint density at radius 3 is 2.20 bits per heavy atom. The van der Waals surface area contributed by atoms with E-state index >= 15 is 0 Å². The van der Waals surface area contributed by atoms with E-state index in [1.54, 1.807) is 30.3 Å². The number of benzene rings is 3. The molecule has 3 aromatic carbocycles. The fraction of sp³-hybridized carbons (Fsp3) is 0.300. The highest BCUT2D eigenvalue weighted by Crippen LogP contribution is 2.31. The largest absolute Gasteiger partial charge is 0.352 e. The van der Waals surface area contributed by atoms with Crippen LogP contribution in [0.3, 0.4) is 0 Å². The second kappa shape index (κ2) is 13.1. The lowest BCUT2D eigenvalue weighted by Gasteiger charge is -2.32. The van der Waals surface area contributed by atoms with Crippen molar-refractivity contribution in [1.82, 2.24) is 14.5 Å². The van der Waals surface area contributed by atoms with Crippen LogP contribution in [0.15, 0.2) is 77.7 Å². The number of rotatable bonds is 11. The van der Waals surface area contributed by atoms with Gasteiger partial charge >= 0.3 is 0 Å². The standard InChI is InChI=1S/C30H31Cl2N3O5S/c1-20(2)33-29(37)26(18-21-10-4-3-5-11-21)34(19-23-24(31)13-8-14-25(23)32)28(36)16-9-17-35-30(38)22-12-6-7-15-27(22)41(35,39)40/h3-8,10-15,20,26H,9,16-19H2,1-2H3,(H,33,37)/t26-/m0/s1. The zero-order valence-electron chi connectivity index (χ0n) is 22.7. The molecule has 1 heterocycles. The Bertz CT molecular complexity index is 1530. The second-order valence-corrected chi connectivity index (χ2v) is 12.7. The Kier molecular flexibility index (Phi) is 9.73. The fourth-order valence-corrected chi connectivity index (χ4v) is 6.88. The van der Waals surface area contributed by atoms with Gasteiger partial charge in [0.2, 0.25) is 11.8 Å². The molecule has 1 aliphatic rings. The molecule has 11 heteroatoms. The van der Waals surface area contributed by atoms with Gasteiger partial charge in [-0.3, -0.25) is 14.4 Å². The van der Waals surface area contributed by atoms with Gasteiger partial charge in [0.05, 0.1) is 5.56 Å². The minimum atomic E-state index is -4.00. The molecule has 0 saturated heterocycles. The van der Waals surface area contributed by atoms with Crippen LogP contribution >= 0.6 is 23.2 Å². The van der Waals surface area contributed by atoms with Gasteiger partial charge in [0.1, 0.15) is 10.9 Å². The van der Waals surface area contributed by atoms with Gasteiger partial charge in [-0.05, 0) is 50.1 Å². The molecule has 3 aromatic rings. The predicted octanol–water partition coefficient (Wildman–Crippen LogP) is 5.08. The molecule has 1 N–H and O–H groups in total. The van der Waals surface area contributed by atoms with E-state index in [2.05, 4.69) is 5.32 Å². The molecule has 0 saturated carbocycles. The van der Waals surface area contributed by atoms with Crippen LogP contribution in [0.5, 0.6) is 0 Å². The summed E-state index contributed by atoms with van der Waals surface area (Å²) in [5.74, 6) is -1.36. The summed E-state index contributed by atoms with van der Waals surface area (Å²) in [4.78, 5) is 41.5. The molecule has 0 spiro atoms. The Hall–Kier alpha value is -3.40. The molecule has 8 nitrogen and oxygen atoms in total. The monoisotopic (exact) mass is 615 g/mol. The van der Waals surface area contributed by atoms with E-state index in [0.29, 0.717) is 15.6 Å². The summed E-state index contributed by atoms with van der Waals surface area (Å²) in [5.41, 5.74) is 1.46. The average Bonchev–Trinajstić information content (AvgIpc) is 3.12. The summed E-state index contributed by atoms with van der Waals surface area (Å²) in [6.45, 7) is 3.46. The highest BCUT2D eigenvalue weighted by molar-refractivity contribution is 7.90. The molecule has 4 rings (SSSR count). The maximum atomic E-state index is 13.8. The van der Waals surface area contributed by atoms with Gasteiger partial charge in [0, 0.05) is 47.6 Å². The highest BCUT2D eigenvalue weighted by Gasteiger charge is 2.40. The number of carbonyl (C=O) groups excluding carboxylic acids is 3. The molecule has 1 aliphatic heterocycles. The third kappa shape index (κ3) is 6.92. The van der Waals surface area contributed by atoms with Crippen molar-refractivity contribution in [2.75, 3.05) is 6.54 Å². The quantitative estimate of drug-likeness (QED) is 0.324. The lowest BCUT2D eigenvalue weighted by Crippen LogP contribution is -2.52. The summed E-state index contributed by atoms with van der Waals surface area (Å²) < 4.78 is 26.7. The molecule has 0 unspecified atom stereocenters. The molecule has 41 heavy (non-hydrogen) atoms. The van der Waals surface area contributed by atoms with E-state index in [0.717, 1.165) is 9.87 Å². The van der Waals surface area contributed by atoms with Crippen molar-refractivity contribution in [3.8, 4) is 0 Å². The Morgan fingerprint density at radius 1 is 0.927 bits per heavy atom. The Balaban J connectivity index is 1.60. The second-order valence-electron chi connectivity index (χ2n) is 10.1. The molecule has 3 amide bonds. The third-order valence-electron chi connectivity index (χ3n) is 6.76. The topological polar surface area (TPSA) is 104 Å².